The second-order valence-corrected chi connectivity index (χ2v) is 5.48. The first kappa shape index (κ1) is 16.0. The van der Waals surface area contributed by atoms with E-state index in [0.29, 0.717) is 28.6 Å². The Morgan fingerprint density at radius 2 is 1.88 bits per heavy atom. The minimum atomic E-state index is -0.262. The molecule has 3 rings (SSSR count). The minimum absolute atomic E-state index is 0.262. The van der Waals surface area contributed by atoms with E-state index < -0.39 is 0 Å². The molecule has 0 saturated carbocycles. The molecule has 24 heavy (non-hydrogen) atoms. The molecule has 0 saturated heterocycles. The highest BCUT2D eigenvalue weighted by molar-refractivity contribution is 6.34. The third-order valence-electron chi connectivity index (χ3n) is 3.32. The van der Waals surface area contributed by atoms with Gasteiger partial charge in [-0.3, -0.25) is 9.78 Å². The van der Waals surface area contributed by atoms with Crippen molar-refractivity contribution in [2.45, 2.75) is 6.61 Å². The maximum Gasteiger partial charge on any atom is 0.257 e. The average Bonchev–Trinajstić information content (AvgIpc) is 2.61. The number of nitrogens with one attached hydrogen (secondary N) is 1. The number of hydrogen-bond acceptors (Lipinski definition) is 3. The maximum atomic E-state index is 12.3. The number of carbonyl (C=O) groups excluding carboxylic acids is 1. The standard InChI is InChI=1S/C19H15ClN2O2/c20-18-10-2-1-9-17(18)19(23)22-14-7-5-8-16(12-14)24-13-15-6-3-4-11-21-15/h1-12H,13H2,(H,22,23). The molecule has 1 N–H and O–H groups in total. The van der Waals surface area contributed by atoms with Crippen LogP contribution in [0.25, 0.3) is 0 Å². The van der Waals surface area contributed by atoms with E-state index in [1.165, 1.54) is 0 Å². The van der Waals surface area contributed by atoms with Gasteiger partial charge in [-0.1, -0.05) is 35.9 Å². The van der Waals surface area contributed by atoms with E-state index in [4.69, 9.17) is 16.3 Å². The van der Waals surface area contributed by atoms with Gasteiger partial charge in [0.05, 0.1) is 16.3 Å². The maximum absolute atomic E-state index is 12.3. The summed E-state index contributed by atoms with van der Waals surface area (Å²) < 4.78 is 5.70. The molecule has 0 aliphatic heterocycles. The molecule has 1 aromatic heterocycles. The molecule has 0 atom stereocenters. The number of carbonyl (C=O) groups is 1. The number of amides is 1. The van der Waals surface area contributed by atoms with Crippen LogP contribution in [0.15, 0.2) is 72.9 Å². The van der Waals surface area contributed by atoms with Gasteiger partial charge in [0.25, 0.3) is 5.91 Å². The molecule has 1 heterocycles. The summed E-state index contributed by atoms with van der Waals surface area (Å²) in [6, 6.07) is 19.8. The second kappa shape index (κ2) is 7.62. The summed E-state index contributed by atoms with van der Waals surface area (Å²) in [5.74, 6) is 0.389. The van der Waals surface area contributed by atoms with Crippen molar-refractivity contribution >= 4 is 23.2 Å². The van der Waals surface area contributed by atoms with Crippen LogP contribution in [-0.2, 0) is 6.61 Å². The Labute approximate surface area is 145 Å². The van der Waals surface area contributed by atoms with Crippen LogP contribution < -0.4 is 10.1 Å². The molecule has 0 aliphatic carbocycles. The fourth-order valence-corrected chi connectivity index (χ4v) is 2.37. The van der Waals surface area contributed by atoms with Crippen molar-refractivity contribution in [2.75, 3.05) is 5.32 Å². The Morgan fingerprint density at radius 1 is 1.04 bits per heavy atom. The van der Waals surface area contributed by atoms with E-state index >= 15 is 0 Å². The molecule has 1 amide bonds. The van der Waals surface area contributed by atoms with Crippen molar-refractivity contribution in [3.05, 3.63) is 89.2 Å². The van der Waals surface area contributed by atoms with Crippen LogP contribution in [0.4, 0.5) is 5.69 Å². The lowest BCUT2D eigenvalue weighted by molar-refractivity contribution is 0.102. The fraction of sp³-hybridized carbons (Fsp3) is 0.0526. The molecule has 0 spiro atoms. The summed E-state index contributed by atoms with van der Waals surface area (Å²) in [6.07, 6.45) is 1.72. The fourth-order valence-electron chi connectivity index (χ4n) is 2.15. The van der Waals surface area contributed by atoms with Crippen LogP contribution >= 0.6 is 11.6 Å². The zero-order valence-electron chi connectivity index (χ0n) is 12.8. The topological polar surface area (TPSA) is 51.2 Å². The van der Waals surface area contributed by atoms with E-state index in [-0.39, 0.29) is 5.91 Å². The predicted octanol–water partition coefficient (Wildman–Crippen LogP) is 4.57. The summed E-state index contributed by atoms with van der Waals surface area (Å²) in [5, 5.41) is 3.23. The summed E-state index contributed by atoms with van der Waals surface area (Å²) in [5.41, 5.74) is 1.90. The third kappa shape index (κ3) is 4.12. The summed E-state index contributed by atoms with van der Waals surface area (Å²) in [4.78, 5) is 16.5. The number of aromatic nitrogens is 1. The zero-order chi connectivity index (χ0) is 16.8. The molecular weight excluding hydrogens is 324 g/mol. The Bertz CT molecular complexity index is 838. The quantitative estimate of drug-likeness (QED) is 0.741. The molecule has 2 aromatic carbocycles. The van der Waals surface area contributed by atoms with E-state index in [9.17, 15) is 4.79 Å². The van der Waals surface area contributed by atoms with Crippen molar-refractivity contribution in [3.8, 4) is 5.75 Å². The van der Waals surface area contributed by atoms with Crippen LogP contribution in [0.3, 0.4) is 0 Å². The van der Waals surface area contributed by atoms with Crippen molar-refractivity contribution in [3.63, 3.8) is 0 Å². The second-order valence-electron chi connectivity index (χ2n) is 5.07. The number of rotatable bonds is 5. The van der Waals surface area contributed by atoms with Gasteiger partial charge in [0.2, 0.25) is 0 Å². The van der Waals surface area contributed by atoms with Crippen LogP contribution in [0, 0.1) is 0 Å². The lowest BCUT2D eigenvalue weighted by atomic mass is 10.2. The number of hydrogen-bond donors (Lipinski definition) is 1. The minimum Gasteiger partial charge on any atom is -0.487 e. The van der Waals surface area contributed by atoms with Gasteiger partial charge in [-0.2, -0.15) is 0 Å². The normalized spacial score (nSPS) is 10.2. The molecule has 0 fully saturated rings. The van der Waals surface area contributed by atoms with E-state index in [1.54, 1.807) is 42.6 Å². The molecule has 0 unspecified atom stereocenters. The highest BCUT2D eigenvalue weighted by atomic mass is 35.5. The van der Waals surface area contributed by atoms with Gasteiger partial charge in [-0.25, -0.2) is 0 Å². The molecular formula is C19H15ClN2O2. The SMILES string of the molecule is O=C(Nc1cccc(OCc2ccccn2)c1)c1ccccc1Cl. The molecule has 4 nitrogen and oxygen atoms in total. The Balaban J connectivity index is 1.67. The van der Waals surface area contributed by atoms with Crippen molar-refractivity contribution in [2.24, 2.45) is 0 Å². The van der Waals surface area contributed by atoms with Crippen molar-refractivity contribution in [1.29, 1.82) is 0 Å². The first-order valence-corrected chi connectivity index (χ1v) is 7.79. The van der Waals surface area contributed by atoms with Crippen molar-refractivity contribution in [1.82, 2.24) is 4.98 Å². The molecule has 0 radical (unpaired) electrons. The molecule has 0 aliphatic rings. The third-order valence-corrected chi connectivity index (χ3v) is 3.65. The van der Waals surface area contributed by atoms with Gasteiger partial charge < -0.3 is 10.1 Å². The summed E-state index contributed by atoms with van der Waals surface area (Å²) in [7, 11) is 0. The smallest absolute Gasteiger partial charge is 0.257 e. The van der Waals surface area contributed by atoms with Gasteiger partial charge in [0.15, 0.2) is 0 Å². The Kier molecular flexibility index (Phi) is 5.08. The molecule has 120 valence electrons. The van der Waals surface area contributed by atoms with Crippen LogP contribution in [0.1, 0.15) is 16.1 Å². The largest absolute Gasteiger partial charge is 0.487 e. The molecule has 0 bridgehead atoms. The monoisotopic (exact) mass is 338 g/mol. The number of nitrogens with zero attached hydrogens (tertiary/aromatic N) is 1. The van der Waals surface area contributed by atoms with Gasteiger partial charge >= 0.3 is 0 Å². The number of halogens is 1. The first-order valence-electron chi connectivity index (χ1n) is 7.41. The van der Waals surface area contributed by atoms with E-state index in [0.717, 1.165) is 5.69 Å². The first-order chi connectivity index (χ1) is 11.7. The summed E-state index contributed by atoms with van der Waals surface area (Å²) >= 11 is 6.04. The average molecular weight is 339 g/mol. The Hall–Kier alpha value is -2.85. The highest BCUT2D eigenvalue weighted by Gasteiger charge is 2.10. The number of anilines is 1. The van der Waals surface area contributed by atoms with Crippen molar-refractivity contribution < 1.29 is 9.53 Å². The number of ether oxygens (including phenoxy) is 1. The van der Waals surface area contributed by atoms with Crippen LogP contribution in [-0.4, -0.2) is 10.9 Å². The van der Waals surface area contributed by atoms with Gasteiger partial charge in [-0.15, -0.1) is 0 Å². The number of pyridine rings is 1. The van der Waals surface area contributed by atoms with Gasteiger partial charge in [0, 0.05) is 18.0 Å². The van der Waals surface area contributed by atoms with E-state index in [1.807, 2.05) is 30.3 Å². The Morgan fingerprint density at radius 3 is 2.67 bits per heavy atom. The predicted molar refractivity (Wildman–Crippen MR) is 94.4 cm³/mol. The van der Waals surface area contributed by atoms with Gasteiger partial charge in [-0.05, 0) is 36.4 Å². The highest BCUT2D eigenvalue weighted by Crippen LogP contribution is 2.21. The lowest BCUT2D eigenvalue weighted by Gasteiger charge is -2.09. The van der Waals surface area contributed by atoms with Crippen LogP contribution in [0.2, 0.25) is 5.02 Å². The number of benzene rings is 2. The lowest BCUT2D eigenvalue weighted by Crippen LogP contribution is -2.12. The van der Waals surface area contributed by atoms with E-state index in [2.05, 4.69) is 10.3 Å². The van der Waals surface area contributed by atoms with Crippen LogP contribution in [0.5, 0.6) is 5.75 Å². The summed E-state index contributed by atoms with van der Waals surface area (Å²) in [6.45, 7) is 0.364. The van der Waals surface area contributed by atoms with Gasteiger partial charge in [0.1, 0.15) is 12.4 Å². The zero-order valence-corrected chi connectivity index (χ0v) is 13.5. The molecule has 5 heteroatoms. The molecule has 3 aromatic rings.